The van der Waals surface area contributed by atoms with E-state index in [1.54, 1.807) is 29.2 Å². The molecule has 0 aliphatic carbocycles. The Hall–Kier alpha value is -3.94. The molecule has 0 unspecified atom stereocenters. The van der Waals surface area contributed by atoms with Crippen LogP contribution in [0.25, 0.3) is 16.6 Å². The van der Waals surface area contributed by atoms with Gasteiger partial charge in [0.25, 0.3) is 5.56 Å². The quantitative estimate of drug-likeness (QED) is 0.166. The van der Waals surface area contributed by atoms with E-state index in [1.165, 1.54) is 22.8 Å². The Morgan fingerprint density at radius 2 is 1.47 bits per heavy atom. The predicted octanol–water partition coefficient (Wildman–Crippen LogP) is 6.50. The van der Waals surface area contributed by atoms with E-state index in [4.69, 9.17) is 11.6 Å². The highest BCUT2D eigenvalue weighted by Crippen LogP contribution is 2.25. The molecule has 1 amide bonds. The number of aromatic nitrogens is 2. The Morgan fingerprint density at radius 3 is 2.11 bits per heavy atom. The Bertz CT molecular complexity index is 1600. The Morgan fingerprint density at radius 1 is 0.868 bits per heavy atom. The number of para-hydroxylation sites is 1. The van der Waals surface area contributed by atoms with Gasteiger partial charge in [-0.15, -0.1) is 0 Å². The molecular weight excluding hydrogens is 521 g/mol. The zero-order valence-corrected chi connectivity index (χ0v) is 21.8. The van der Waals surface area contributed by atoms with Gasteiger partial charge < -0.3 is 4.90 Å². The Balaban J connectivity index is 1.47. The smallest absolute Gasteiger partial charge is 0.266 e. The van der Waals surface area contributed by atoms with Gasteiger partial charge in [0.15, 0.2) is 5.16 Å². The van der Waals surface area contributed by atoms with E-state index in [1.807, 2.05) is 60.7 Å². The molecule has 5 aromatic rings. The van der Waals surface area contributed by atoms with Crippen molar-refractivity contribution in [2.45, 2.75) is 18.2 Å². The standard InChI is InChI=1S/C30H23ClFN3O2S/c31-25-17-23(15-16-26(25)32)35-29(37)24-13-7-8-14-27(24)33-30(35)38-20-28(36)34(18-21-9-3-1-4-10-21)19-22-11-5-2-6-12-22/h1-17H,18-20H2. The maximum Gasteiger partial charge on any atom is 0.266 e. The van der Waals surface area contributed by atoms with Crippen LogP contribution in [-0.4, -0.2) is 26.1 Å². The maximum absolute atomic E-state index is 13.9. The highest BCUT2D eigenvalue weighted by molar-refractivity contribution is 7.99. The van der Waals surface area contributed by atoms with Gasteiger partial charge in [-0.05, 0) is 41.5 Å². The van der Waals surface area contributed by atoms with Gasteiger partial charge in [0.1, 0.15) is 5.82 Å². The fourth-order valence-electron chi connectivity index (χ4n) is 4.12. The summed E-state index contributed by atoms with van der Waals surface area (Å²) in [5.41, 5.74) is 2.60. The van der Waals surface area contributed by atoms with E-state index in [2.05, 4.69) is 4.98 Å². The van der Waals surface area contributed by atoms with E-state index in [0.29, 0.717) is 34.8 Å². The number of carbonyl (C=O) groups is 1. The minimum Gasteiger partial charge on any atom is -0.333 e. The van der Waals surface area contributed by atoms with Gasteiger partial charge in [0.05, 0.1) is 27.4 Å². The Labute approximate surface area is 228 Å². The van der Waals surface area contributed by atoms with E-state index in [0.717, 1.165) is 22.9 Å². The van der Waals surface area contributed by atoms with Crippen LogP contribution in [0, 0.1) is 5.82 Å². The second-order valence-electron chi connectivity index (χ2n) is 8.66. The number of nitrogens with zero attached hydrogens (tertiary/aromatic N) is 3. The Kier molecular flexibility index (Phi) is 7.86. The first-order valence-corrected chi connectivity index (χ1v) is 13.3. The zero-order chi connectivity index (χ0) is 26.5. The lowest BCUT2D eigenvalue weighted by atomic mass is 10.1. The van der Waals surface area contributed by atoms with Crippen molar-refractivity contribution in [2.75, 3.05) is 5.75 Å². The number of hydrogen-bond donors (Lipinski definition) is 0. The molecule has 1 heterocycles. The molecule has 0 radical (unpaired) electrons. The summed E-state index contributed by atoms with van der Waals surface area (Å²) in [6, 6.07) is 30.7. The van der Waals surface area contributed by atoms with Crippen molar-refractivity contribution in [1.29, 1.82) is 0 Å². The molecular formula is C30H23ClFN3O2S. The van der Waals surface area contributed by atoms with Crippen LogP contribution < -0.4 is 5.56 Å². The molecule has 8 heteroatoms. The molecule has 4 aromatic carbocycles. The summed E-state index contributed by atoms with van der Waals surface area (Å²) in [4.78, 5) is 33.5. The molecule has 0 N–H and O–H groups in total. The maximum atomic E-state index is 13.9. The zero-order valence-electron chi connectivity index (χ0n) is 20.3. The highest BCUT2D eigenvalue weighted by Gasteiger charge is 2.19. The van der Waals surface area contributed by atoms with Crippen LogP contribution in [0.2, 0.25) is 5.02 Å². The van der Waals surface area contributed by atoms with Crippen LogP contribution in [0.4, 0.5) is 4.39 Å². The van der Waals surface area contributed by atoms with Crippen LogP contribution in [-0.2, 0) is 17.9 Å². The topological polar surface area (TPSA) is 55.2 Å². The summed E-state index contributed by atoms with van der Waals surface area (Å²) < 4.78 is 15.3. The molecule has 1 aromatic heterocycles. The molecule has 0 saturated carbocycles. The molecule has 0 spiro atoms. The minimum atomic E-state index is -0.584. The van der Waals surface area contributed by atoms with Crippen LogP contribution in [0.1, 0.15) is 11.1 Å². The first-order valence-electron chi connectivity index (χ1n) is 12.0. The van der Waals surface area contributed by atoms with Gasteiger partial charge in [0, 0.05) is 13.1 Å². The van der Waals surface area contributed by atoms with Crippen molar-refractivity contribution in [3.05, 3.63) is 135 Å². The first kappa shape index (κ1) is 25.7. The van der Waals surface area contributed by atoms with Crippen LogP contribution in [0.5, 0.6) is 0 Å². The summed E-state index contributed by atoms with van der Waals surface area (Å²) in [5.74, 6) is -0.632. The van der Waals surface area contributed by atoms with Gasteiger partial charge >= 0.3 is 0 Å². The first-order chi connectivity index (χ1) is 18.5. The van der Waals surface area contributed by atoms with Gasteiger partial charge in [-0.2, -0.15) is 0 Å². The van der Waals surface area contributed by atoms with Crippen molar-refractivity contribution in [2.24, 2.45) is 0 Å². The summed E-state index contributed by atoms with van der Waals surface area (Å²) in [7, 11) is 0. The third-order valence-electron chi connectivity index (χ3n) is 6.02. The van der Waals surface area contributed by atoms with Crippen molar-refractivity contribution >= 4 is 40.2 Å². The number of benzene rings is 4. The number of carbonyl (C=O) groups excluding carboxylic acids is 1. The van der Waals surface area contributed by atoms with E-state index >= 15 is 0 Å². The lowest BCUT2D eigenvalue weighted by Gasteiger charge is -2.23. The van der Waals surface area contributed by atoms with Crippen LogP contribution >= 0.6 is 23.4 Å². The lowest BCUT2D eigenvalue weighted by Crippen LogP contribution is -2.32. The number of fused-ring (bicyclic) bond motifs is 1. The molecule has 0 saturated heterocycles. The number of halogens is 2. The lowest BCUT2D eigenvalue weighted by molar-refractivity contribution is -0.129. The van der Waals surface area contributed by atoms with Crippen molar-refractivity contribution in [3.63, 3.8) is 0 Å². The molecule has 5 rings (SSSR count). The normalized spacial score (nSPS) is 11.0. The van der Waals surface area contributed by atoms with Crippen molar-refractivity contribution in [3.8, 4) is 5.69 Å². The van der Waals surface area contributed by atoms with Crippen LogP contribution in [0.3, 0.4) is 0 Å². The summed E-state index contributed by atoms with van der Waals surface area (Å²) in [5, 5.41) is 0.633. The van der Waals surface area contributed by atoms with E-state index in [9.17, 15) is 14.0 Å². The van der Waals surface area contributed by atoms with Gasteiger partial charge in [-0.1, -0.05) is 96.2 Å². The average molecular weight is 544 g/mol. The van der Waals surface area contributed by atoms with Crippen molar-refractivity contribution in [1.82, 2.24) is 14.5 Å². The van der Waals surface area contributed by atoms with Crippen molar-refractivity contribution < 1.29 is 9.18 Å². The average Bonchev–Trinajstić information content (AvgIpc) is 2.94. The SMILES string of the molecule is O=C(CSc1nc2ccccc2c(=O)n1-c1ccc(F)c(Cl)c1)N(Cc1ccccc1)Cc1ccccc1. The van der Waals surface area contributed by atoms with Gasteiger partial charge in [0.2, 0.25) is 5.91 Å². The molecule has 190 valence electrons. The molecule has 0 aliphatic heterocycles. The monoisotopic (exact) mass is 543 g/mol. The second kappa shape index (κ2) is 11.6. The fraction of sp³-hybridized carbons (Fsp3) is 0.100. The molecule has 0 fully saturated rings. The van der Waals surface area contributed by atoms with Gasteiger partial charge in [-0.25, -0.2) is 9.37 Å². The summed E-state index contributed by atoms with van der Waals surface area (Å²) in [6.45, 7) is 0.890. The van der Waals surface area contributed by atoms with Gasteiger partial charge in [-0.3, -0.25) is 14.2 Å². The predicted molar refractivity (Wildman–Crippen MR) is 150 cm³/mol. The van der Waals surface area contributed by atoms with E-state index < -0.39 is 5.82 Å². The molecule has 5 nitrogen and oxygen atoms in total. The molecule has 0 atom stereocenters. The second-order valence-corrected chi connectivity index (χ2v) is 10.0. The molecule has 38 heavy (non-hydrogen) atoms. The third-order valence-corrected chi connectivity index (χ3v) is 7.23. The third kappa shape index (κ3) is 5.79. The number of rotatable bonds is 8. The van der Waals surface area contributed by atoms with Crippen LogP contribution in [0.15, 0.2) is 113 Å². The summed E-state index contributed by atoms with van der Waals surface area (Å²) >= 11 is 7.19. The highest BCUT2D eigenvalue weighted by atomic mass is 35.5. The number of hydrogen-bond acceptors (Lipinski definition) is 4. The fourth-order valence-corrected chi connectivity index (χ4v) is 5.21. The minimum absolute atomic E-state index is 0.0549. The van der Waals surface area contributed by atoms with E-state index in [-0.39, 0.29) is 22.2 Å². The number of amides is 1. The molecule has 0 aliphatic rings. The molecule has 0 bridgehead atoms. The summed E-state index contributed by atoms with van der Waals surface area (Å²) in [6.07, 6.45) is 0. The number of thioether (sulfide) groups is 1. The largest absolute Gasteiger partial charge is 0.333 e.